The van der Waals surface area contributed by atoms with E-state index >= 15 is 0 Å². The number of nitrogens with zero attached hydrogens (tertiary/aromatic N) is 2. The molecule has 4 rings (SSSR count). The maximum atomic E-state index is 12.6. The third-order valence-corrected chi connectivity index (χ3v) is 7.01. The van der Waals surface area contributed by atoms with Crippen molar-refractivity contribution >= 4 is 5.91 Å². The van der Waals surface area contributed by atoms with Gasteiger partial charge in [-0.1, -0.05) is 44.9 Å². The van der Waals surface area contributed by atoms with Gasteiger partial charge < -0.3 is 4.90 Å². The highest BCUT2D eigenvalue weighted by Crippen LogP contribution is 2.43. The van der Waals surface area contributed by atoms with Gasteiger partial charge in [0.25, 0.3) is 0 Å². The van der Waals surface area contributed by atoms with E-state index in [0.717, 1.165) is 37.5 Å². The first-order valence-electron chi connectivity index (χ1n) is 10.4. The van der Waals surface area contributed by atoms with Crippen LogP contribution in [-0.4, -0.2) is 47.4 Å². The summed E-state index contributed by atoms with van der Waals surface area (Å²) in [6.45, 7) is 2.74. The predicted molar refractivity (Wildman–Crippen MR) is 93.2 cm³/mol. The Hall–Kier alpha value is -0.570. The molecule has 3 nitrogen and oxygen atoms in total. The van der Waals surface area contributed by atoms with Crippen LogP contribution in [0.4, 0.5) is 0 Å². The van der Waals surface area contributed by atoms with Crippen molar-refractivity contribution in [2.24, 2.45) is 11.8 Å². The van der Waals surface area contributed by atoms with E-state index in [0.29, 0.717) is 11.9 Å². The molecule has 0 unspecified atom stereocenters. The Balaban J connectivity index is 1.44. The van der Waals surface area contributed by atoms with Crippen LogP contribution in [0.3, 0.4) is 0 Å². The fraction of sp³-hybridized carbons (Fsp3) is 0.950. The molecule has 1 saturated heterocycles. The fourth-order valence-electron chi connectivity index (χ4n) is 5.41. The summed E-state index contributed by atoms with van der Waals surface area (Å²) in [6.07, 6.45) is 16.7. The Kier molecular flexibility index (Phi) is 4.93. The summed E-state index contributed by atoms with van der Waals surface area (Å²) in [5.41, 5.74) is 0. The smallest absolute Gasteiger partial charge is 0.236 e. The summed E-state index contributed by atoms with van der Waals surface area (Å²) in [6, 6.07) is 1.44. The average Bonchev–Trinajstić information content (AvgIpc) is 3.37. The molecule has 23 heavy (non-hydrogen) atoms. The summed E-state index contributed by atoms with van der Waals surface area (Å²) in [4.78, 5) is 17.3. The van der Waals surface area contributed by atoms with Gasteiger partial charge in [0.1, 0.15) is 0 Å². The van der Waals surface area contributed by atoms with E-state index in [2.05, 4.69) is 9.80 Å². The summed E-state index contributed by atoms with van der Waals surface area (Å²) in [7, 11) is 0. The van der Waals surface area contributed by atoms with Crippen molar-refractivity contribution in [1.29, 1.82) is 0 Å². The molecule has 1 heterocycles. The van der Waals surface area contributed by atoms with Gasteiger partial charge in [-0.05, 0) is 43.9 Å². The molecule has 1 aliphatic heterocycles. The lowest BCUT2D eigenvalue weighted by Crippen LogP contribution is -2.53. The number of carbonyl (C=O) groups excluding carboxylic acids is 1. The standard InChI is InChI=1S/C20H34N2O/c23-20(21-13-6-14-21)15-22(17-11-12-17)19-10-5-4-9-18(19)16-7-2-1-3-8-16/h16-19H,1-15H2/t18-,19+/m1/s1. The Labute approximate surface area is 141 Å². The molecule has 1 amide bonds. The van der Waals surface area contributed by atoms with E-state index in [1.807, 2.05) is 0 Å². The molecule has 0 aromatic rings. The molecule has 0 radical (unpaired) electrons. The third kappa shape index (κ3) is 3.60. The van der Waals surface area contributed by atoms with Gasteiger partial charge in [-0.3, -0.25) is 9.69 Å². The van der Waals surface area contributed by atoms with Crippen LogP contribution in [-0.2, 0) is 4.79 Å². The van der Waals surface area contributed by atoms with E-state index in [1.54, 1.807) is 0 Å². The number of carbonyl (C=O) groups is 1. The lowest BCUT2D eigenvalue weighted by molar-refractivity contribution is -0.137. The molecule has 0 aromatic heterocycles. The number of amides is 1. The molecule has 3 saturated carbocycles. The lowest BCUT2D eigenvalue weighted by Gasteiger charge is -2.45. The summed E-state index contributed by atoms with van der Waals surface area (Å²) in [5.74, 6) is 2.25. The van der Waals surface area contributed by atoms with Crippen LogP contribution in [0.1, 0.15) is 77.0 Å². The minimum Gasteiger partial charge on any atom is -0.341 e. The Morgan fingerprint density at radius 1 is 0.826 bits per heavy atom. The molecule has 4 aliphatic rings. The maximum absolute atomic E-state index is 12.6. The molecule has 3 aliphatic carbocycles. The zero-order valence-corrected chi connectivity index (χ0v) is 14.7. The van der Waals surface area contributed by atoms with Gasteiger partial charge >= 0.3 is 0 Å². The predicted octanol–water partition coefficient (Wildman–Crippen LogP) is 3.82. The van der Waals surface area contributed by atoms with Crippen LogP contribution >= 0.6 is 0 Å². The van der Waals surface area contributed by atoms with E-state index in [1.165, 1.54) is 77.0 Å². The Morgan fingerprint density at radius 3 is 2.17 bits per heavy atom. The second-order valence-electron chi connectivity index (χ2n) is 8.55. The van der Waals surface area contributed by atoms with Crippen LogP contribution in [0.15, 0.2) is 0 Å². The highest BCUT2D eigenvalue weighted by molar-refractivity contribution is 5.79. The topological polar surface area (TPSA) is 23.6 Å². The van der Waals surface area contributed by atoms with Gasteiger partial charge in [-0.25, -0.2) is 0 Å². The maximum Gasteiger partial charge on any atom is 0.236 e. The monoisotopic (exact) mass is 318 g/mol. The van der Waals surface area contributed by atoms with E-state index in [9.17, 15) is 4.79 Å². The van der Waals surface area contributed by atoms with Gasteiger partial charge in [0.2, 0.25) is 5.91 Å². The quantitative estimate of drug-likeness (QED) is 0.769. The first-order chi connectivity index (χ1) is 11.3. The number of hydrogen-bond donors (Lipinski definition) is 0. The number of likely N-dealkylation sites (tertiary alicyclic amines) is 1. The molecule has 0 bridgehead atoms. The fourth-order valence-corrected chi connectivity index (χ4v) is 5.41. The number of rotatable bonds is 5. The molecule has 130 valence electrons. The second-order valence-corrected chi connectivity index (χ2v) is 8.55. The highest BCUT2D eigenvalue weighted by atomic mass is 16.2. The first kappa shape index (κ1) is 15.9. The van der Waals surface area contributed by atoms with E-state index in [-0.39, 0.29) is 0 Å². The molecule has 0 spiro atoms. The molecule has 4 fully saturated rings. The Bertz CT molecular complexity index is 410. The number of hydrogen-bond acceptors (Lipinski definition) is 2. The zero-order chi connectivity index (χ0) is 15.6. The molecule has 0 N–H and O–H groups in total. The van der Waals surface area contributed by atoms with Gasteiger partial charge in [0.15, 0.2) is 0 Å². The van der Waals surface area contributed by atoms with Gasteiger partial charge in [0, 0.05) is 25.2 Å². The lowest BCUT2D eigenvalue weighted by atomic mass is 9.70. The van der Waals surface area contributed by atoms with Crippen LogP contribution in [0.5, 0.6) is 0 Å². The van der Waals surface area contributed by atoms with Crippen LogP contribution in [0.25, 0.3) is 0 Å². The van der Waals surface area contributed by atoms with Crippen molar-refractivity contribution in [1.82, 2.24) is 9.80 Å². The van der Waals surface area contributed by atoms with Crippen molar-refractivity contribution in [2.75, 3.05) is 19.6 Å². The molecular formula is C20H34N2O. The average molecular weight is 319 g/mol. The minimum absolute atomic E-state index is 0.413. The van der Waals surface area contributed by atoms with Crippen molar-refractivity contribution in [3.8, 4) is 0 Å². The van der Waals surface area contributed by atoms with Gasteiger partial charge in [-0.15, -0.1) is 0 Å². The summed E-state index contributed by atoms with van der Waals surface area (Å²) in [5, 5.41) is 0. The van der Waals surface area contributed by atoms with Crippen LogP contribution < -0.4 is 0 Å². The zero-order valence-electron chi connectivity index (χ0n) is 14.7. The third-order valence-electron chi connectivity index (χ3n) is 7.01. The van der Waals surface area contributed by atoms with Gasteiger partial charge in [-0.2, -0.15) is 0 Å². The summed E-state index contributed by atoms with van der Waals surface area (Å²) < 4.78 is 0. The van der Waals surface area contributed by atoms with Crippen molar-refractivity contribution in [3.05, 3.63) is 0 Å². The van der Waals surface area contributed by atoms with Crippen molar-refractivity contribution in [3.63, 3.8) is 0 Å². The normalized spacial score (nSPS) is 32.8. The molecular weight excluding hydrogens is 284 g/mol. The van der Waals surface area contributed by atoms with Crippen LogP contribution in [0, 0.1) is 11.8 Å². The SMILES string of the molecule is O=C(CN(C1CC1)[C@H]1CCCC[C@@H]1C1CCCCC1)N1CCC1. The summed E-state index contributed by atoms with van der Waals surface area (Å²) >= 11 is 0. The van der Waals surface area contributed by atoms with E-state index in [4.69, 9.17) is 0 Å². The second kappa shape index (κ2) is 7.13. The Morgan fingerprint density at radius 2 is 1.52 bits per heavy atom. The largest absolute Gasteiger partial charge is 0.341 e. The molecule has 3 heteroatoms. The van der Waals surface area contributed by atoms with Crippen molar-refractivity contribution in [2.45, 2.75) is 89.1 Å². The highest BCUT2D eigenvalue weighted by Gasteiger charge is 2.42. The van der Waals surface area contributed by atoms with Crippen LogP contribution in [0.2, 0.25) is 0 Å². The minimum atomic E-state index is 0.413. The van der Waals surface area contributed by atoms with Gasteiger partial charge in [0.05, 0.1) is 6.54 Å². The molecule has 2 atom stereocenters. The van der Waals surface area contributed by atoms with Crippen molar-refractivity contribution < 1.29 is 4.79 Å². The van der Waals surface area contributed by atoms with E-state index < -0.39 is 0 Å². The molecule has 0 aromatic carbocycles. The first-order valence-corrected chi connectivity index (χ1v) is 10.4.